The van der Waals surface area contributed by atoms with Gasteiger partial charge < -0.3 is 14.7 Å². The predicted octanol–water partition coefficient (Wildman–Crippen LogP) is 2.38. The van der Waals surface area contributed by atoms with Gasteiger partial charge in [-0.2, -0.15) is 0 Å². The van der Waals surface area contributed by atoms with Crippen LogP contribution in [0.3, 0.4) is 0 Å². The average molecular weight is 336 g/mol. The molecule has 25 heavy (non-hydrogen) atoms. The zero-order valence-electron chi connectivity index (χ0n) is 13.4. The molecule has 1 saturated heterocycles. The van der Waals surface area contributed by atoms with Gasteiger partial charge in [-0.25, -0.2) is 9.97 Å². The van der Waals surface area contributed by atoms with E-state index in [1.807, 2.05) is 12.1 Å². The van der Waals surface area contributed by atoms with Crippen molar-refractivity contribution in [3.8, 4) is 11.3 Å². The van der Waals surface area contributed by atoms with Crippen molar-refractivity contribution >= 4 is 17.7 Å². The average Bonchev–Trinajstić information content (AvgIpc) is 3.36. The van der Waals surface area contributed by atoms with Crippen LogP contribution in [0.5, 0.6) is 0 Å². The Morgan fingerprint density at radius 2 is 1.96 bits per heavy atom. The number of amides is 1. The molecule has 0 bridgehead atoms. The molecule has 1 N–H and O–H groups in total. The molecule has 126 valence electrons. The van der Waals surface area contributed by atoms with Gasteiger partial charge in [0.25, 0.3) is 5.91 Å². The first-order valence-electron chi connectivity index (χ1n) is 8.05. The van der Waals surface area contributed by atoms with Crippen LogP contribution in [-0.2, 0) is 0 Å². The van der Waals surface area contributed by atoms with Crippen molar-refractivity contribution in [1.82, 2.24) is 20.1 Å². The van der Waals surface area contributed by atoms with Crippen molar-refractivity contribution in [3.05, 3.63) is 48.6 Å². The highest BCUT2D eigenvalue weighted by atomic mass is 16.5. The van der Waals surface area contributed by atoms with Gasteiger partial charge in [0, 0.05) is 43.3 Å². The summed E-state index contributed by atoms with van der Waals surface area (Å²) in [7, 11) is 0. The maximum Gasteiger partial charge on any atom is 0.260 e. The quantitative estimate of drug-likeness (QED) is 0.781. The molecule has 0 radical (unpaired) electrons. The SMILES string of the molecule is O=C(Nc1ccon1)c1cnc(N2CCCC2)nc1-c1ccncc1. The van der Waals surface area contributed by atoms with Gasteiger partial charge >= 0.3 is 0 Å². The summed E-state index contributed by atoms with van der Waals surface area (Å²) in [6.45, 7) is 1.86. The Kier molecular flexibility index (Phi) is 4.07. The summed E-state index contributed by atoms with van der Waals surface area (Å²) >= 11 is 0. The lowest BCUT2D eigenvalue weighted by atomic mass is 10.1. The van der Waals surface area contributed by atoms with E-state index in [1.54, 1.807) is 24.7 Å². The second-order valence-corrected chi connectivity index (χ2v) is 5.70. The van der Waals surface area contributed by atoms with Crippen molar-refractivity contribution in [3.63, 3.8) is 0 Å². The fourth-order valence-electron chi connectivity index (χ4n) is 2.80. The number of hydrogen-bond acceptors (Lipinski definition) is 7. The van der Waals surface area contributed by atoms with E-state index in [-0.39, 0.29) is 5.91 Å². The third-order valence-corrected chi connectivity index (χ3v) is 4.04. The number of nitrogens with zero attached hydrogens (tertiary/aromatic N) is 5. The van der Waals surface area contributed by atoms with Gasteiger partial charge in [-0.15, -0.1) is 0 Å². The van der Waals surface area contributed by atoms with Crippen LogP contribution in [0.4, 0.5) is 11.8 Å². The summed E-state index contributed by atoms with van der Waals surface area (Å²) in [5.41, 5.74) is 1.75. The highest BCUT2D eigenvalue weighted by Crippen LogP contribution is 2.25. The summed E-state index contributed by atoms with van der Waals surface area (Å²) in [5.74, 6) is 0.644. The largest absolute Gasteiger partial charge is 0.363 e. The lowest BCUT2D eigenvalue weighted by Gasteiger charge is -2.17. The Labute approximate surface area is 143 Å². The highest BCUT2D eigenvalue weighted by Gasteiger charge is 2.21. The van der Waals surface area contributed by atoms with Crippen LogP contribution in [0.25, 0.3) is 11.3 Å². The van der Waals surface area contributed by atoms with Gasteiger partial charge in [0.05, 0.1) is 11.3 Å². The predicted molar refractivity (Wildman–Crippen MR) is 91.2 cm³/mol. The Hall–Kier alpha value is -3.29. The molecule has 0 atom stereocenters. The Morgan fingerprint density at radius 1 is 1.16 bits per heavy atom. The van der Waals surface area contributed by atoms with Gasteiger partial charge in [-0.3, -0.25) is 9.78 Å². The van der Waals surface area contributed by atoms with Crippen molar-refractivity contribution in [2.24, 2.45) is 0 Å². The molecule has 1 aliphatic heterocycles. The smallest absolute Gasteiger partial charge is 0.260 e. The number of rotatable bonds is 4. The van der Waals surface area contributed by atoms with Crippen LogP contribution in [0.1, 0.15) is 23.2 Å². The van der Waals surface area contributed by atoms with Gasteiger partial charge in [-0.1, -0.05) is 5.16 Å². The molecule has 0 aliphatic carbocycles. The molecule has 3 aromatic heterocycles. The first-order valence-corrected chi connectivity index (χ1v) is 8.05. The summed E-state index contributed by atoms with van der Waals surface area (Å²) in [6.07, 6.45) is 8.56. The van der Waals surface area contributed by atoms with Gasteiger partial charge in [0.15, 0.2) is 5.82 Å². The summed E-state index contributed by atoms with van der Waals surface area (Å²) in [4.78, 5) is 27.8. The molecule has 1 aliphatic rings. The van der Waals surface area contributed by atoms with E-state index in [1.165, 1.54) is 6.26 Å². The molecule has 4 heterocycles. The first kappa shape index (κ1) is 15.3. The fraction of sp³-hybridized carbons (Fsp3) is 0.235. The minimum Gasteiger partial charge on any atom is -0.363 e. The lowest BCUT2D eigenvalue weighted by Crippen LogP contribution is -2.22. The standard InChI is InChI=1S/C17H16N6O2/c24-16(20-14-5-10-25-22-14)13-11-19-17(23-8-1-2-9-23)21-15(13)12-3-6-18-7-4-12/h3-7,10-11H,1-2,8-9H2,(H,20,22,24). The molecule has 0 unspecified atom stereocenters. The van der Waals surface area contributed by atoms with E-state index in [0.717, 1.165) is 31.5 Å². The number of hydrogen-bond donors (Lipinski definition) is 1. The Bertz CT molecular complexity index is 860. The van der Waals surface area contributed by atoms with E-state index in [4.69, 9.17) is 4.52 Å². The number of carbonyl (C=O) groups excluding carboxylic acids is 1. The Morgan fingerprint density at radius 3 is 2.68 bits per heavy atom. The molecule has 0 saturated carbocycles. The number of nitrogens with one attached hydrogen (secondary N) is 1. The first-order chi connectivity index (χ1) is 12.3. The number of carbonyl (C=O) groups is 1. The van der Waals surface area contributed by atoms with Crippen LogP contribution in [0.2, 0.25) is 0 Å². The maximum absolute atomic E-state index is 12.6. The molecule has 0 aromatic carbocycles. The van der Waals surface area contributed by atoms with Crippen molar-refractivity contribution in [1.29, 1.82) is 0 Å². The van der Waals surface area contributed by atoms with E-state index in [9.17, 15) is 4.79 Å². The van der Waals surface area contributed by atoms with Gasteiger partial charge in [0.1, 0.15) is 6.26 Å². The number of aromatic nitrogens is 4. The van der Waals surface area contributed by atoms with Crippen molar-refractivity contribution in [2.45, 2.75) is 12.8 Å². The van der Waals surface area contributed by atoms with Crippen molar-refractivity contribution in [2.75, 3.05) is 23.3 Å². The molecule has 0 spiro atoms. The Balaban J connectivity index is 1.73. The second-order valence-electron chi connectivity index (χ2n) is 5.70. The van der Waals surface area contributed by atoms with Crippen LogP contribution in [-0.4, -0.2) is 39.1 Å². The van der Waals surface area contributed by atoms with Crippen LogP contribution in [0.15, 0.2) is 47.6 Å². The fourth-order valence-corrected chi connectivity index (χ4v) is 2.80. The monoisotopic (exact) mass is 336 g/mol. The minimum absolute atomic E-state index is 0.339. The summed E-state index contributed by atoms with van der Waals surface area (Å²) in [6, 6.07) is 5.22. The van der Waals surface area contributed by atoms with E-state index in [0.29, 0.717) is 23.0 Å². The molecule has 4 rings (SSSR count). The van der Waals surface area contributed by atoms with Gasteiger partial charge in [-0.05, 0) is 25.0 Å². The number of pyridine rings is 1. The van der Waals surface area contributed by atoms with Gasteiger partial charge in [0.2, 0.25) is 5.95 Å². The van der Waals surface area contributed by atoms with Crippen LogP contribution < -0.4 is 10.2 Å². The lowest BCUT2D eigenvalue weighted by molar-refractivity contribution is 0.102. The molecular weight excluding hydrogens is 320 g/mol. The molecule has 8 heteroatoms. The van der Waals surface area contributed by atoms with E-state index >= 15 is 0 Å². The topological polar surface area (TPSA) is 97.0 Å². The molecule has 1 fully saturated rings. The molecule has 8 nitrogen and oxygen atoms in total. The molecular formula is C17H16N6O2. The van der Waals surface area contributed by atoms with E-state index in [2.05, 4.69) is 30.3 Å². The third kappa shape index (κ3) is 3.18. The zero-order valence-corrected chi connectivity index (χ0v) is 13.4. The van der Waals surface area contributed by atoms with Crippen LogP contribution in [0, 0.1) is 0 Å². The summed E-state index contributed by atoms with van der Waals surface area (Å²) < 4.78 is 4.74. The zero-order chi connectivity index (χ0) is 17.1. The second kappa shape index (κ2) is 6.68. The third-order valence-electron chi connectivity index (χ3n) is 4.04. The molecule has 3 aromatic rings. The normalized spacial score (nSPS) is 13.8. The minimum atomic E-state index is -0.339. The number of anilines is 2. The van der Waals surface area contributed by atoms with E-state index < -0.39 is 0 Å². The highest BCUT2D eigenvalue weighted by molar-refractivity contribution is 6.07. The maximum atomic E-state index is 12.6. The molecule has 1 amide bonds. The van der Waals surface area contributed by atoms with Crippen LogP contribution >= 0.6 is 0 Å². The summed E-state index contributed by atoms with van der Waals surface area (Å²) in [5, 5.41) is 6.38. The van der Waals surface area contributed by atoms with Crippen molar-refractivity contribution < 1.29 is 9.32 Å².